The van der Waals surface area contributed by atoms with E-state index in [4.69, 9.17) is 9.47 Å². The standard InChI is InChI=1S/C19H21NO4S/c1-13-5-8-15(11-20-13)24-17-12-23-19(2,3)18(17)14-6-9-16(10-7-14)25(4,21)22/h5-11H,12H2,1-4H3. The van der Waals surface area contributed by atoms with E-state index in [-0.39, 0.29) is 0 Å². The molecular weight excluding hydrogens is 338 g/mol. The Balaban J connectivity index is 2.00. The molecule has 0 amide bonds. The fraction of sp³-hybridized carbons (Fsp3) is 0.316. The van der Waals surface area contributed by atoms with E-state index in [9.17, 15) is 8.42 Å². The predicted octanol–water partition coefficient (Wildman–Crippen LogP) is 3.39. The number of nitrogens with zero attached hydrogens (tertiary/aromatic N) is 1. The maximum atomic E-state index is 11.7. The summed E-state index contributed by atoms with van der Waals surface area (Å²) in [5.74, 6) is 1.36. The zero-order valence-corrected chi connectivity index (χ0v) is 15.6. The molecule has 1 aliphatic heterocycles. The maximum absolute atomic E-state index is 11.7. The van der Waals surface area contributed by atoms with Crippen LogP contribution >= 0.6 is 0 Å². The number of ether oxygens (including phenoxy) is 2. The fourth-order valence-electron chi connectivity index (χ4n) is 2.84. The van der Waals surface area contributed by atoms with Crippen LogP contribution in [-0.4, -0.2) is 31.9 Å². The van der Waals surface area contributed by atoms with Crippen LogP contribution in [0.4, 0.5) is 0 Å². The molecule has 0 bridgehead atoms. The van der Waals surface area contributed by atoms with Crippen LogP contribution in [0.15, 0.2) is 53.2 Å². The lowest BCUT2D eigenvalue weighted by Crippen LogP contribution is -2.21. The van der Waals surface area contributed by atoms with Crippen LogP contribution in [0.2, 0.25) is 0 Å². The molecule has 0 atom stereocenters. The number of benzene rings is 1. The zero-order valence-electron chi connectivity index (χ0n) is 14.7. The Bertz CT molecular complexity index is 911. The highest BCUT2D eigenvalue weighted by Gasteiger charge is 2.36. The lowest BCUT2D eigenvalue weighted by molar-refractivity contribution is 0.0544. The summed E-state index contributed by atoms with van der Waals surface area (Å²) in [6.07, 6.45) is 2.88. The third-order valence-electron chi connectivity index (χ3n) is 4.14. The Morgan fingerprint density at radius 3 is 2.36 bits per heavy atom. The topological polar surface area (TPSA) is 65.5 Å². The van der Waals surface area contributed by atoms with Gasteiger partial charge in [-0.1, -0.05) is 12.1 Å². The van der Waals surface area contributed by atoms with Gasteiger partial charge in [-0.2, -0.15) is 0 Å². The summed E-state index contributed by atoms with van der Waals surface area (Å²) in [5.41, 5.74) is 2.18. The van der Waals surface area contributed by atoms with Gasteiger partial charge in [0.1, 0.15) is 18.1 Å². The van der Waals surface area contributed by atoms with E-state index in [1.165, 1.54) is 6.26 Å². The second kappa shape index (κ2) is 6.28. The number of pyridine rings is 1. The minimum Gasteiger partial charge on any atom is -0.457 e. The average molecular weight is 359 g/mol. The average Bonchev–Trinajstić information content (AvgIpc) is 2.83. The molecule has 1 aliphatic rings. The quantitative estimate of drug-likeness (QED) is 0.837. The molecule has 0 unspecified atom stereocenters. The summed E-state index contributed by atoms with van der Waals surface area (Å²) >= 11 is 0. The van der Waals surface area contributed by atoms with Gasteiger partial charge < -0.3 is 9.47 Å². The molecule has 1 aromatic heterocycles. The lowest BCUT2D eigenvalue weighted by atomic mass is 9.92. The van der Waals surface area contributed by atoms with Crippen LogP contribution in [0.5, 0.6) is 5.75 Å². The normalized spacial score (nSPS) is 17.0. The Kier molecular flexibility index (Phi) is 4.43. The van der Waals surface area contributed by atoms with Gasteiger partial charge in [-0.15, -0.1) is 0 Å². The van der Waals surface area contributed by atoms with E-state index >= 15 is 0 Å². The molecule has 0 fully saturated rings. The van der Waals surface area contributed by atoms with Gasteiger partial charge in [0.15, 0.2) is 9.84 Å². The van der Waals surface area contributed by atoms with Crippen LogP contribution in [0.1, 0.15) is 25.1 Å². The predicted molar refractivity (Wildman–Crippen MR) is 96.1 cm³/mol. The van der Waals surface area contributed by atoms with Crippen molar-refractivity contribution in [2.24, 2.45) is 0 Å². The van der Waals surface area contributed by atoms with Gasteiger partial charge in [0.2, 0.25) is 0 Å². The molecule has 0 saturated heterocycles. The third-order valence-corrected chi connectivity index (χ3v) is 5.27. The Hall–Kier alpha value is -2.18. The molecule has 0 aliphatic carbocycles. The Morgan fingerprint density at radius 1 is 1.12 bits per heavy atom. The molecule has 6 heteroatoms. The molecule has 25 heavy (non-hydrogen) atoms. The van der Waals surface area contributed by atoms with Gasteiger partial charge >= 0.3 is 0 Å². The zero-order chi connectivity index (χ0) is 18.2. The van der Waals surface area contributed by atoms with E-state index in [1.54, 1.807) is 30.5 Å². The first kappa shape index (κ1) is 17.6. The van der Waals surface area contributed by atoms with Crippen LogP contribution in [0.25, 0.3) is 5.57 Å². The second-order valence-electron chi connectivity index (χ2n) is 6.63. The highest BCUT2D eigenvalue weighted by atomic mass is 32.2. The Morgan fingerprint density at radius 2 is 1.80 bits per heavy atom. The molecule has 2 heterocycles. The molecule has 3 rings (SSSR count). The van der Waals surface area contributed by atoms with Crippen molar-refractivity contribution < 1.29 is 17.9 Å². The first-order valence-electron chi connectivity index (χ1n) is 7.95. The number of aryl methyl sites for hydroxylation is 1. The van der Waals surface area contributed by atoms with Crippen molar-refractivity contribution in [3.8, 4) is 5.75 Å². The molecule has 0 saturated carbocycles. The minimum absolute atomic E-state index is 0.291. The second-order valence-corrected chi connectivity index (χ2v) is 8.65. The molecule has 1 aromatic carbocycles. The van der Waals surface area contributed by atoms with Crippen LogP contribution in [-0.2, 0) is 14.6 Å². The minimum atomic E-state index is -3.22. The van der Waals surface area contributed by atoms with Gasteiger partial charge in [0.25, 0.3) is 0 Å². The van der Waals surface area contributed by atoms with Crippen molar-refractivity contribution in [2.75, 3.05) is 12.9 Å². The van der Waals surface area contributed by atoms with E-state index in [0.29, 0.717) is 23.0 Å². The van der Waals surface area contributed by atoms with Crippen molar-refractivity contribution in [2.45, 2.75) is 31.3 Å². The van der Waals surface area contributed by atoms with E-state index in [0.717, 1.165) is 16.8 Å². The summed E-state index contributed by atoms with van der Waals surface area (Å²) in [7, 11) is -3.22. The largest absolute Gasteiger partial charge is 0.457 e. The SMILES string of the molecule is Cc1ccc(OC2=C(c3ccc(S(C)(=O)=O)cc3)C(C)(C)OC2)cn1. The summed E-state index contributed by atoms with van der Waals surface area (Å²) in [6.45, 7) is 6.21. The summed E-state index contributed by atoms with van der Waals surface area (Å²) in [6, 6.07) is 10.6. The third kappa shape index (κ3) is 3.75. The van der Waals surface area contributed by atoms with Crippen LogP contribution < -0.4 is 4.74 Å². The van der Waals surface area contributed by atoms with Crippen LogP contribution in [0, 0.1) is 6.92 Å². The maximum Gasteiger partial charge on any atom is 0.175 e. The number of hydrogen-bond donors (Lipinski definition) is 0. The summed E-state index contributed by atoms with van der Waals surface area (Å²) < 4.78 is 35.2. The smallest absolute Gasteiger partial charge is 0.175 e. The fourth-order valence-corrected chi connectivity index (χ4v) is 3.47. The Labute approximate surface area is 148 Å². The first-order valence-corrected chi connectivity index (χ1v) is 9.84. The number of hydrogen-bond acceptors (Lipinski definition) is 5. The summed E-state index contributed by atoms with van der Waals surface area (Å²) in [4.78, 5) is 4.53. The van der Waals surface area contributed by atoms with Gasteiger partial charge in [-0.3, -0.25) is 4.98 Å². The van der Waals surface area contributed by atoms with Crippen molar-refractivity contribution in [1.82, 2.24) is 4.98 Å². The molecule has 132 valence electrons. The molecule has 2 aromatic rings. The number of sulfone groups is 1. The number of rotatable bonds is 4. The highest BCUT2D eigenvalue weighted by Crippen LogP contribution is 2.39. The van der Waals surface area contributed by atoms with Crippen molar-refractivity contribution in [1.29, 1.82) is 0 Å². The lowest BCUT2D eigenvalue weighted by Gasteiger charge is -2.22. The van der Waals surface area contributed by atoms with Gasteiger partial charge in [0, 0.05) is 17.5 Å². The van der Waals surface area contributed by atoms with Crippen molar-refractivity contribution in [3.05, 3.63) is 59.6 Å². The van der Waals surface area contributed by atoms with E-state index in [1.807, 2.05) is 32.9 Å². The molecule has 5 nitrogen and oxygen atoms in total. The molecule has 0 radical (unpaired) electrons. The summed E-state index contributed by atoms with van der Waals surface area (Å²) in [5, 5.41) is 0. The van der Waals surface area contributed by atoms with Gasteiger partial charge in [0.05, 0.1) is 16.7 Å². The first-order chi connectivity index (χ1) is 11.7. The van der Waals surface area contributed by atoms with Gasteiger partial charge in [-0.05, 0) is 50.6 Å². The van der Waals surface area contributed by atoms with Crippen LogP contribution in [0.3, 0.4) is 0 Å². The van der Waals surface area contributed by atoms with Crippen molar-refractivity contribution in [3.63, 3.8) is 0 Å². The van der Waals surface area contributed by atoms with E-state index < -0.39 is 15.4 Å². The van der Waals surface area contributed by atoms with Gasteiger partial charge in [-0.25, -0.2) is 8.42 Å². The highest BCUT2D eigenvalue weighted by molar-refractivity contribution is 7.90. The number of aromatic nitrogens is 1. The monoisotopic (exact) mass is 359 g/mol. The van der Waals surface area contributed by atoms with Crippen molar-refractivity contribution >= 4 is 15.4 Å². The molecule has 0 spiro atoms. The van der Waals surface area contributed by atoms with E-state index in [2.05, 4.69) is 4.98 Å². The molecule has 0 N–H and O–H groups in total. The molecular formula is C19H21NO4S.